The lowest BCUT2D eigenvalue weighted by Gasteiger charge is -2.00. The smallest absolute Gasteiger partial charge is 0.284 e. The molecule has 0 aliphatic heterocycles. The van der Waals surface area contributed by atoms with Crippen LogP contribution in [0.3, 0.4) is 0 Å². The monoisotopic (exact) mass is 295 g/mol. The predicted octanol–water partition coefficient (Wildman–Crippen LogP) is 2.12. The van der Waals surface area contributed by atoms with Gasteiger partial charge in [-0.3, -0.25) is 10.1 Å². The van der Waals surface area contributed by atoms with Crippen LogP contribution in [0.2, 0.25) is 0 Å². The SMILES string of the molecule is COCCNCc1coc(-c2ccc(F)cc2[N+](=O)[O-])n1. The molecule has 0 fully saturated rings. The molecule has 0 aliphatic carbocycles. The Morgan fingerprint density at radius 1 is 1.52 bits per heavy atom. The highest BCUT2D eigenvalue weighted by Gasteiger charge is 2.20. The lowest BCUT2D eigenvalue weighted by molar-refractivity contribution is -0.384. The summed E-state index contributed by atoms with van der Waals surface area (Å²) in [5.74, 6) is -0.594. The van der Waals surface area contributed by atoms with E-state index in [-0.39, 0.29) is 17.1 Å². The van der Waals surface area contributed by atoms with Crippen molar-refractivity contribution in [2.24, 2.45) is 0 Å². The first-order valence-electron chi connectivity index (χ1n) is 6.20. The number of hydrogen-bond donors (Lipinski definition) is 1. The first-order valence-corrected chi connectivity index (χ1v) is 6.20. The first kappa shape index (κ1) is 15.1. The first-order chi connectivity index (χ1) is 10.1. The molecular weight excluding hydrogens is 281 g/mol. The van der Waals surface area contributed by atoms with Gasteiger partial charge in [0.1, 0.15) is 17.6 Å². The van der Waals surface area contributed by atoms with Crippen LogP contribution in [-0.2, 0) is 11.3 Å². The number of halogens is 1. The van der Waals surface area contributed by atoms with E-state index >= 15 is 0 Å². The van der Waals surface area contributed by atoms with Crippen molar-refractivity contribution in [2.75, 3.05) is 20.3 Å². The molecule has 0 aliphatic rings. The average Bonchev–Trinajstić information content (AvgIpc) is 2.92. The number of methoxy groups -OCH3 is 1. The topological polar surface area (TPSA) is 90.4 Å². The molecule has 2 aromatic rings. The van der Waals surface area contributed by atoms with Gasteiger partial charge in [-0.1, -0.05) is 0 Å². The van der Waals surface area contributed by atoms with Crippen LogP contribution in [0.4, 0.5) is 10.1 Å². The van der Waals surface area contributed by atoms with Gasteiger partial charge in [-0.25, -0.2) is 9.37 Å². The second-order valence-electron chi connectivity index (χ2n) is 4.23. The van der Waals surface area contributed by atoms with E-state index < -0.39 is 10.7 Å². The molecule has 0 saturated carbocycles. The second-order valence-corrected chi connectivity index (χ2v) is 4.23. The van der Waals surface area contributed by atoms with Crippen molar-refractivity contribution in [3.05, 3.63) is 46.1 Å². The number of benzene rings is 1. The van der Waals surface area contributed by atoms with Gasteiger partial charge in [0.05, 0.1) is 23.3 Å². The Morgan fingerprint density at radius 2 is 2.33 bits per heavy atom. The van der Waals surface area contributed by atoms with Crippen molar-refractivity contribution in [2.45, 2.75) is 6.54 Å². The molecule has 0 amide bonds. The molecule has 1 aromatic carbocycles. The summed E-state index contributed by atoms with van der Waals surface area (Å²) in [5.41, 5.74) is 0.361. The molecule has 0 saturated heterocycles. The van der Waals surface area contributed by atoms with E-state index in [0.717, 1.165) is 12.1 Å². The summed E-state index contributed by atoms with van der Waals surface area (Å²) >= 11 is 0. The van der Waals surface area contributed by atoms with Crippen LogP contribution in [0.5, 0.6) is 0 Å². The number of nitrogens with one attached hydrogen (secondary N) is 1. The van der Waals surface area contributed by atoms with Gasteiger partial charge in [-0.15, -0.1) is 0 Å². The van der Waals surface area contributed by atoms with E-state index in [1.165, 1.54) is 12.3 Å². The van der Waals surface area contributed by atoms with E-state index in [9.17, 15) is 14.5 Å². The zero-order valence-corrected chi connectivity index (χ0v) is 11.3. The highest BCUT2D eigenvalue weighted by atomic mass is 19.1. The van der Waals surface area contributed by atoms with Crippen LogP contribution in [0.15, 0.2) is 28.9 Å². The van der Waals surface area contributed by atoms with Crippen molar-refractivity contribution >= 4 is 5.69 Å². The van der Waals surface area contributed by atoms with Crippen LogP contribution in [0.1, 0.15) is 5.69 Å². The Hall–Kier alpha value is -2.32. The van der Waals surface area contributed by atoms with Crippen molar-refractivity contribution in [1.29, 1.82) is 0 Å². The Balaban J connectivity index is 2.16. The fraction of sp³-hybridized carbons (Fsp3) is 0.308. The summed E-state index contributed by atoms with van der Waals surface area (Å²) in [5, 5.41) is 14.0. The number of nitro groups is 1. The summed E-state index contributed by atoms with van der Waals surface area (Å²) < 4.78 is 23.2. The van der Waals surface area contributed by atoms with Crippen LogP contribution in [0, 0.1) is 15.9 Å². The van der Waals surface area contributed by atoms with Gasteiger partial charge in [0.2, 0.25) is 5.89 Å². The molecule has 0 radical (unpaired) electrons. The average molecular weight is 295 g/mol. The van der Waals surface area contributed by atoms with E-state index in [0.29, 0.717) is 25.4 Å². The fourth-order valence-electron chi connectivity index (χ4n) is 1.74. The molecule has 1 N–H and O–H groups in total. The molecule has 8 heteroatoms. The molecule has 2 rings (SSSR count). The maximum atomic E-state index is 13.1. The zero-order chi connectivity index (χ0) is 15.2. The van der Waals surface area contributed by atoms with Crippen molar-refractivity contribution in [3.8, 4) is 11.5 Å². The number of nitro benzene ring substituents is 1. The number of ether oxygens (including phenoxy) is 1. The van der Waals surface area contributed by atoms with Crippen LogP contribution < -0.4 is 5.32 Å². The molecule has 7 nitrogen and oxygen atoms in total. The fourth-order valence-corrected chi connectivity index (χ4v) is 1.74. The third-order valence-corrected chi connectivity index (χ3v) is 2.73. The quantitative estimate of drug-likeness (QED) is 0.478. The minimum atomic E-state index is -0.682. The summed E-state index contributed by atoms with van der Waals surface area (Å²) in [4.78, 5) is 14.4. The lowest BCUT2D eigenvalue weighted by atomic mass is 10.2. The number of oxazole rings is 1. The summed E-state index contributed by atoms with van der Waals surface area (Å²) in [6.07, 6.45) is 1.40. The number of hydrogen-bond acceptors (Lipinski definition) is 6. The third-order valence-electron chi connectivity index (χ3n) is 2.73. The van der Waals surface area contributed by atoms with Crippen molar-refractivity contribution in [1.82, 2.24) is 10.3 Å². The van der Waals surface area contributed by atoms with Gasteiger partial charge in [0.15, 0.2) is 0 Å². The zero-order valence-electron chi connectivity index (χ0n) is 11.3. The molecule has 1 aromatic heterocycles. The Labute approximate surface area is 119 Å². The normalized spacial score (nSPS) is 10.8. The molecule has 0 atom stereocenters. The molecule has 0 spiro atoms. The molecule has 1 heterocycles. The van der Waals surface area contributed by atoms with E-state index in [2.05, 4.69) is 10.3 Å². The standard InChI is InChI=1S/C13H14FN3O4/c1-20-5-4-15-7-10-8-21-13(16-10)11-3-2-9(14)6-12(11)17(18)19/h2-3,6,8,15H,4-5,7H2,1H3. The van der Waals surface area contributed by atoms with Crippen molar-refractivity contribution < 1.29 is 18.5 Å². The lowest BCUT2D eigenvalue weighted by Crippen LogP contribution is -2.18. The minimum Gasteiger partial charge on any atom is -0.444 e. The van der Waals surface area contributed by atoms with E-state index in [1.54, 1.807) is 7.11 Å². The van der Waals surface area contributed by atoms with Gasteiger partial charge in [-0.2, -0.15) is 0 Å². The summed E-state index contributed by atoms with van der Waals surface area (Å²) in [6, 6.07) is 3.25. The van der Waals surface area contributed by atoms with Crippen LogP contribution in [0.25, 0.3) is 11.5 Å². The number of nitrogens with zero attached hydrogens (tertiary/aromatic N) is 2. The van der Waals surface area contributed by atoms with Gasteiger partial charge < -0.3 is 14.5 Å². The minimum absolute atomic E-state index is 0.0882. The predicted molar refractivity (Wildman–Crippen MR) is 72.1 cm³/mol. The molecule has 112 valence electrons. The van der Waals surface area contributed by atoms with Gasteiger partial charge in [-0.05, 0) is 12.1 Å². The molecule has 21 heavy (non-hydrogen) atoms. The Kier molecular flexibility index (Phi) is 4.96. The van der Waals surface area contributed by atoms with Gasteiger partial charge >= 0.3 is 0 Å². The summed E-state index contributed by atoms with van der Waals surface area (Å²) in [6.45, 7) is 1.66. The van der Waals surface area contributed by atoms with Crippen molar-refractivity contribution in [3.63, 3.8) is 0 Å². The van der Waals surface area contributed by atoms with E-state index in [4.69, 9.17) is 9.15 Å². The molecular formula is C13H14FN3O4. The highest BCUT2D eigenvalue weighted by molar-refractivity contribution is 5.66. The third kappa shape index (κ3) is 3.83. The number of rotatable bonds is 7. The second kappa shape index (κ2) is 6.91. The largest absolute Gasteiger partial charge is 0.444 e. The van der Waals surface area contributed by atoms with Gasteiger partial charge in [0, 0.05) is 20.2 Å². The maximum Gasteiger partial charge on any atom is 0.284 e. The molecule has 0 unspecified atom stereocenters. The van der Waals surface area contributed by atoms with Gasteiger partial charge in [0.25, 0.3) is 5.69 Å². The Morgan fingerprint density at radius 3 is 3.05 bits per heavy atom. The Bertz CT molecular complexity index is 630. The molecule has 0 bridgehead atoms. The van der Waals surface area contributed by atoms with E-state index in [1.807, 2.05) is 0 Å². The maximum absolute atomic E-state index is 13.1. The highest BCUT2D eigenvalue weighted by Crippen LogP contribution is 2.29. The summed E-state index contributed by atoms with van der Waals surface area (Å²) in [7, 11) is 1.60. The number of aromatic nitrogens is 1. The van der Waals surface area contributed by atoms with Crippen LogP contribution in [-0.4, -0.2) is 30.2 Å². The van der Waals surface area contributed by atoms with Crippen LogP contribution >= 0.6 is 0 Å².